The summed E-state index contributed by atoms with van der Waals surface area (Å²) in [6.07, 6.45) is 2.43. The number of benzene rings is 1. The van der Waals surface area contributed by atoms with Crippen LogP contribution in [0.3, 0.4) is 0 Å². The van der Waals surface area contributed by atoms with Crippen molar-refractivity contribution in [1.82, 2.24) is 24.8 Å². The van der Waals surface area contributed by atoms with Crippen molar-refractivity contribution < 1.29 is 4.79 Å². The highest BCUT2D eigenvalue weighted by atomic mass is 16.1. The second-order valence-electron chi connectivity index (χ2n) is 8.17. The largest absolute Gasteiger partial charge is 0.351 e. The third-order valence-electron chi connectivity index (χ3n) is 5.49. The topological polar surface area (TPSA) is 62.5 Å². The molecule has 0 atom stereocenters. The van der Waals surface area contributed by atoms with Gasteiger partial charge in [0.15, 0.2) is 5.65 Å². The molecule has 0 aliphatic rings. The van der Waals surface area contributed by atoms with E-state index in [2.05, 4.69) is 50.2 Å². The smallest absolute Gasteiger partial charge is 0.256 e. The molecule has 0 aliphatic carbocycles. The predicted octanol–water partition coefficient (Wildman–Crippen LogP) is 3.15. The maximum absolute atomic E-state index is 12.6. The Labute approximate surface area is 172 Å². The Morgan fingerprint density at radius 2 is 1.72 bits per heavy atom. The highest BCUT2D eigenvalue weighted by Crippen LogP contribution is 2.24. The Morgan fingerprint density at radius 3 is 2.34 bits per heavy atom. The second kappa shape index (κ2) is 8.33. The van der Waals surface area contributed by atoms with Crippen LogP contribution in [0.1, 0.15) is 49.6 Å². The van der Waals surface area contributed by atoms with E-state index in [1.54, 1.807) is 10.7 Å². The number of carbonyl (C=O) groups is 1. The van der Waals surface area contributed by atoms with E-state index in [4.69, 9.17) is 4.98 Å². The SMILES string of the molecule is Cc1cc(C)c(Cc2c(C)nc3c(C(=O)NCCN(C)C)cnn3c2C)c(C)c1. The molecule has 0 fully saturated rings. The lowest BCUT2D eigenvalue weighted by Gasteiger charge is -2.16. The Kier molecular flexibility index (Phi) is 6.03. The Bertz CT molecular complexity index is 1040. The molecule has 2 aromatic heterocycles. The fourth-order valence-corrected chi connectivity index (χ4v) is 3.88. The molecule has 6 nitrogen and oxygen atoms in total. The molecule has 1 amide bonds. The average molecular weight is 394 g/mol. The van der Waals surface area contributed by atoms with Gasteiger partial charge < -0.3 is 10.2 Å². The standard InChI is InChI=1S/C23H31N5O/c1-14-10-15(2)19(16(3)11-14)12-20-17(4)26-22-21(13-25-28(22)18(20)5)23(29)24-8-9-27(6)7/h10-11,13H,8-9,12H2,1-7H3,(H,24,29). The van der Waals surface area contributed by atoms with Crippen LogP contribution in [-0.2, 0) is 6.42 Å². The van der Waals surface area contributed by atoms with Crippen LogP contribution in [0.15, 0.2) is 18.3 Å². The molecule has 0 saturated carbocycles. The van der Waals surface area contributed by atoms with Crippen molar-refractivity contribution >= 4 is 11.6 Å². The van der Waals surface area contributed by atoms with Crippen molar-refractivity contribution in [3.63, 3.8) is 0 Å². The number of carbonyl (C=O) groups excluding carboxylic acids is 1. The molecule has 0 bridgehead atoms. The first-order valence-corrected chi connectivity index (χ1v) is 10.0. The maximum Gasteiger partial charge on any atom is 0.256 e. The summed E-state index contributed by atoms with van der Waals surface area (Å²) in [4.78, 5) is 19.4. The zero-order valence-electron chi connectivity index (χ0n) is 18.6. The summed E-state index contributed by atoms with van der Waals surface area (Å²) in [5, 5.41) is 7.42. The van der Waals surface area contributed by atoms with Crippen LogP contribution in [0.4, 0.5) is 0 Å². The van der Waals surface area contributed by atoms with Gasteiger partial charge in [-0.1, -0.05) is 17.7 Å². The highest BCUT2D eigenvalue weighted by molar-refractivity contribution is 5.99. The lowest BCUT2D eigenvalue weighted by Crippen LogP contribution is -2.31. The first-order chi connectivity index (χ1) is 13.7. The van der Waals surface area contributed by atoms with E-state index in [0.717, 1.165) is 29.9 Å². The van der Waals surface area contributed by atoms with Gasteiger partial charge in [0.1, 0.15) is 5.56 Å². The van der Waals surface area contributed by atoms with Crippen molar-refractivity contribution in [3.8, 4) is 0 Å². The van der Waals surface area contributed by atoms with E-state index in [1.165, 1.54) is 22.3 Å². The van der Waals surface area contributed by atoms with E-state index >= 15 is 0 Å². The summed E-state index contributed by atoms with van der Waals surface area (Å²) < 4.78 is 1.79. The summed E-state index contributed by atoms with van der Waals surface area (Å²) in [5.74, 6) is -0.133. The zero-order valence-corrected chi connectivity index (χ0v) is 18.6. The van der Waals surface area contributed by atoms with E-state index in [0.29, 0.717) is 17.8 Å². The van der Waals surface area contributed by atoms with Crippen molar-refractivity contribution in [1.29, 1.82) is 0 Å². The predicted molar refractivity (Wildman–Crippen MR) is 117 cm³/mol. The van der Waals surface area contributed by atoms with Crippen LogP contribution in [0.25, 0.3) is 5.65 Å². The second-order valence-corrected chi connectivity index (χ2v) is 8.17. The molecule has 0 aliphatic heterocycles. The summed E-state index contributed by atoms with van der Waals surface area (Å²) in [7, 11) is 3.96. The van der Waals surface area contributed by atoms with E-state index in [9.17, 15) is 4.79 Å². The summed E-state index contributed by atoms with van der Waals surface area (Å²) in [6.45, 7) is 11.9. The fourth-order valence-electron chi connectivity index (χ4n) is 3.88. The number of fused-ring (bicyclic) bond motifs is 1. The van der Waals surface area contributed by atoms with Crippen molar-refractivity contribution in [2.24, 2.45) is 0 Å². The van der Waals surface area contributed by atoms with Crippen LogP contribution in [0.5, 0.6) is 0 Å². The molecule has 0 radical (unpaired) electrons. The van der Waals surface area contributed by atoms with Crippen LogP contribution >= 0.6 is 0 Å². The van der Waals surface area contributed by atoms with E-state index in [-0.39, 0.29) is 5.91 Å². The molecule has 3 aromatic rings. The van der Waals surface area contributed by atoms with Crippen LogP contribution in [0.2, 0.25) is 0 Å². The normalized spacial score (nSPS) is 11.4. The fraction of sp³-hybridized carbons (Fsp3) is 0.435. The zero-order chi connectivity index (χ0) is 21.3. The summed E-state index contributed by atoms with van der Waals surface area (Å²) >= 11 is 0. The van der Waals surface area contributed by atoms with Gasteiger partial charge in [0, 0.05) is 30.9 Å². The molecule has 0 spiro atoms. The Balaban J connectivity index is 1.96. The number of nitrogens with one attached hydrogen (secondary N) is 1. The van der Waals surface area contributed by atoms with Crippen molar-refractivity contribution in [2.45, 2.75) is 41.0 Å². The van der Waals surface area contributed by atoms with Crippen molar-refractivity contribution in [3.05, 3.63) is 63.1 Å². The molecule has 154 valence electrons. The molecular weight excluding hydrogens is 362 g/mol. The van der Waals surface area contributed by atoms with Gasteiger partial charge in [0.25, 0.3) is 5.91 Å². The number of hydrogen-bond donors (Lipinski definition) is 1. The monoisotopic (exact) mass is 393 g/mol. The number of rotatable bonds is 6. The van der Waals surface area contributed by atoms with Gasteiger partial charge in [-0.25, -0.2) is 9.50 Å². The first kappa shape index (κ1) is 21.0. The Hall–Kier alpha value is -2.73. The lowest BCUT2D eigenvalue weighted by molar-refractivity contribution is 0.0952. The number of nitrogens with zero attached hydrogens (tertiary/aromatic N) is 4. The van der Waals surface area contributed by atoms with Gasteiger partial charge in [-0.15, -0.1) is 0 Å². The molecule has 6 heteroatoms. The van der Waals surface area contributed by atoms with Gasteiger partial charge >= 0.3 is 0 Å². The van der Waals surface area contributed by atoms with Gasteiger partial charge in [0.05, 0.1) is 6.20 Å². The molecule has 1 N–H and O–H groups in total. The minimum atomic E-state index is -0.133. The maximum atomic E-state index is 12.6. The number of amides is 1. The molecular formula is C23H31N5O. The van der Waals surface area contributed by atoms with Crippen LogP contribution in [0, 0.1) is 34.6 Å². The van der Waals surface area contributed by atoms with Crippen LogP contribution in [-0.4, -0.2) is 52.6 Å². The van der Waals surface area contributed by atoms with Gasteiger partial charge in [-0.2, -0.15) is 5.10 Å². The first-order valence-electron chi connectivity index (χ1n) is 10.0. The number of aromatic nitrogens is 3. The van der Waals surface area contributed by atoms with Gasteiger partial charge in [0.2, 0.25) is 0 Å². The minimum Gasteiger partial charge on any atom is -0.351 e. The molecule has 0 saturated heterocycles. The lowest BCUT2D eigenvalue weighted by atomic mass is 9.93. The minimum absolute atomic E-state index is 0.133. The van der Waals surface area contributed by atoms with E-state index in [1.807, 2.05) is 25.9 Å². The molecule has 0 unspecified atom stereocenters. The molecule has 29 heavy (non-hydrogen) atoms. The highest BCUT2D eigenvalue weighted by Gasteiger charge is 2.19. The molecule has 2 heterocycles. The van der Waals surface area contributed by atoms with Crippen LogP contribution < -0.4 is 5.32 Å². The number of aryl methyl sites for hydroxylation is 5. The van der Waals surface area contributed by atoms with Gasteiger partial charge in [-0.05, 0) is 71.0 Å². The summed E-state index contributed by atoms with van der Waals surface area (Å²) in [6, 6.07) is 4.45. The molecule has 1 aromatic carbocycles. The van der Waals surface area contributed by atoms with Crippen molar-refractivity contribution in [2.75, 3.05) is 27.2 Å². The van der Waals surface area contributed by atoms with E-state index < -0.39 is 0 Å². The number of hydrogen-bond acceptors (Lipinski definition) is 4. The average Bonchev–Trinajstić information content (AvgIpc) is 3.03. The Morgan fingerprint density at radius 1 is 1.07 bits per heavy atom. The van der Waals surface area contributed by atoms with Gasteiger partial charge in [-0.3, -0.25) is 4.79 Å². The summed E-state index contributed by atoms with van der Waals surface area (Å²) in [5.41, 5.74) is 9.46. The third-order valence-corrected chi connectivity index (χ3v) is 5.49. The quantitative estimate of drug-likeness (QED) is 0.699. The molecule has 3 rings (SSSR count). The number of likely N-dealkylation sites (N-methyl/N-ethyl adjacent to an activating group) is 1. The third kappa shape index (κ3) is 4.32.